The van der Waals surface area contributed by atoms with Crippen LogP contribution in [0.1, 0.15) is 316 Å². The lowest BCUT2D eigenvalue weighted by Crippen LogP contribution is -2.30. The van der Waals surface area contributed by atoms with Crippen molar-refractivity contribution in [1.29, 1.82) is 0 Å². The highest BCUT2D eigenvalue weighted by Crippen LogP contribution is 2.16. The maximum absolute atomic E-state index is 12.9. The van der Waals surface area contributed by atoms with Crippen molar-refractivity contribution in [2.45, 2.75) is 322 Å². The van der Waals surface area contributed by atoms with Gasteiger partial charge in [0.2, 0.25) is 0 Å². The van der Waals surface area contributed by atoms with Gasteiger partial charge in [-0.2, -0.15) is 0 Å². The van der Waals surface area contributed by atoms with Gasteiger partial charge >= 0.3 is 11.9 Å². The fraction of sp³-hybridized carbons (Fsp3) is 0.815. The van der Waals surface area contributed by atoms with Gasteiger partial charge in [0.15, 0.2) is 6.10 Å². The summed E-state index contributed by atoms with van der Waals surface area (Å²) in [5.41, 5.74) is 0. The van der Waals surface area contributed by atoms with Gasteiger partial charge < -0.3 is 14.2 Å². The molecular formula is C65H118O5. The lowest BCUT2D eigenvalue weighted by atomic mass is 10.0. The van der Waals surface area contributed by atoms with E-state index in [1.807, 2.05) is 0 Å². The number of rotatable bonds is 57. The minimum Gasteiger partial charge on any atom is -0.462 e. The highest BCUT2D eigenvalue weighted by Gasteiger charge is 2.17. The Labute approximate surface area is 436 Å². The number of esters is 2. The van der Waals surface area contributed by atoms with Crippen molar-refractivity contribution >= 4 is 11.9 Å². The summed E-state index contributed by atoms with van der Waals surface area (Å²) in [6.45, 7) is 7.74. The van der Waals surface area contributed by atoms with E-state index in [9.17, 15) is 9.59 Å². The SMILES string of the molecule is CC/C=C\C/C=C\C/C=C\C/C=C\CCCCCCCCCOCC(COC(=O)CCCCCCCCC/C=C\CCCCCCCC)OC(=O)CCCCCCCCCCCCCCCCCCC. The molecule has 0 heterocycles. The first-order valence-corrected chi connectivity index (χ1v) is 30.8. The average molecular weight is 980 g/mol. The fourth-order valence-corrected chi connectivity index (χ4v) is 8.97. The van der Waals surface area contributed by atoms with Gasteiger partial charge in [-0.15, -0.1) is 0 Å². The first-order chi connectivity index (χ1) is 34.6. The number of ether oxygens (including phenoxy) is 3. The molecule has 5 heteroatoms. The van der Waals surface area contributed by atoms with Crippen molar-refractivity contribution in [2.75, 3.05) is 19.8 Å². The van der Waals surface area contributed by atoms with E-state index in [2.05, 4.69) is 81.5 Å². The highest BCUT2D eigenvalue weighted by molar-refractivity contribution is 5.70. The molecule has 0 rings (SSSR count). The maximum atomic E-state index is 12.9. The Hall–Kier alpha value is -2.40. The summed E-state index contributed by atoms with van der Waals surface area (Å²) in [6, 6.07) is 0. The first kappa shape index (κ1) is 67.6. The molecule has 0 amide bonds. The molecule has 0 saturated heterocycles. The number of allylic oxidation sites excluding steroid dienone is 10. The van der Waals surface area contributed by atoms with Gasteiger partial charge in [0, 0.05) is 19.4 Å². The van der Waals surface area contributed by atoms with Gasteiger partial charge in [-0.05, 0) is 83.5 Å². The third-order valence-corrected chi connectivity index (χ3v) is 13.5. The van der Waals surface area contributed by atoms with Crippen LogP contribution in [0.15, 0.2) is 60.8 Å². The Morgan fingerprint density at radius 3 is 1.04 bits per heavy atom. The van der Waals surface area contributed by atoms with Crippen molar-refractivity contribution in [2.24, 2.45) is 0 Å². The Bertz CT molecular complexity index is 1200. The number of hydrogen-bond acceptors (Lipinski definition) is 5. The number of unbranched alkanes of at least 4 members (excludes halogenated alkanes) is 36. The molecule has 0 radical (unpaired) electrons. The molecule has 0 aromatic heterocycles. The van der Waals surface area contributed by atoms with E-state index in [1.54, 1.807) is 0 Å². The first-order valence-electron chi connectivity index (χ1n) is 30.8. The average Bonchev–Trinajstić information content (AvgIpc) is 3.36. The third-order valence-electron chi connectivity index (χ3n) is 13.5. The fourth-order valence-electron chi connectivity index (χ4n) is 8.97. The van der Waals surface area contributed by atoms with Crippen LogP contribution in [0.3, 0.4) is 0 Å². The van der Waals surface area contributed by atoms with E-state index >= 15 is 0 Å². The molecule has 0 bridgehead atoms. The second-order valence-electron chi connectivity index (χ2n) is 20.6. The molecule has 0 aromatic carbocycles. The van der Waals surface area contributed by atoms with E-state index in [-0.39, 0.29) is 25.2 Å². The van der Waals surface area contributed by atoms with Crippen LogP contribution >= 0.6 is 0 Å². The smallest absolute Gasteiger partial charge is 0.306 e. The summed E-state index contributed by atoms with van der Waals surface area (Å²) in [4.78, 5) is 25.6. The van der Waals surface area contributed by atoms with E-state index in [0.717, 1.165) is 64.2 Å². The minimum atomic E-state index is -0.544. The number of carbonyl (C=O) groups is 2. The predicted molar refractivity (Wildman–Crippen MR) is 307 cm³/mol. The van der Waals surface area contributed by atoms with Gasteiger partial charge in [0.1, 0.15) is 6.61 Å². The van der Waals surface area contributed by atoms with Crippen LogP contribution in [0.4, 0.5) is 0 Å². The molecule has 408 valence electrons. The molecule has 0 aromatic rings. The molecular weight excluding hydrogens is 861 g/mol. The van der Waals surface area contributed by atoms with Gasteiger partial charge in [-0.25, -0.2) is 0 Å². The van der Waals surface area contributed by atoms with E-state index < -0.39 is 6.10 Å². The Balaban J connectivity index is 4.28. The van der Waals surface area contributed by atoms with Crippen LogP contribution in [0.25, 0.3) is 0 Å². The topological polar surface area (TPSA) is 61.8 Å². The monoisotopic (exact) mass is 979 g/mol. The van der Waals surface area contributed by atoms with Crippen molar-refractivity contribution < 1.29 is 23.8 Å². The summed E-state index contributed by atoms with van der Waals surface area (Å²) < 4.78 is 17.5. The van der Waals surface area contributed by atoms with Crippen LogP contribution in [0.5, 0.6) is 0 Å². The molecule has 0 saturated carbocycles. The largest absolute Gasteiger partial charge is 0.462 e. The molecule has 0 aliphatic rings. The van der Waals surface area contributed by atoms with Crippen molar-refractivity contribution in [3.63, 3.8) is 0 Å². The third kappa shape index (κ3) is 58.2. The lowest BCUT2D eigenvalue weighted by molar-refractivity contribution is -0.163. The lowest BCUT2D eigenvalue weighted by Gasteiger charge is -2.18. The molecule has 0 fully saturated rings. The van der Waals surface area contributed by atoms with E-state index in [1.165, 1.54) is 218 Å². The summed E-state index contributed by atoms with van der Waals surface area (Å²) in [5.74, 6) is -0.391. The van der Waals surface area contributed by atoms with Crippen LogP contribution in [-0.2, 0) is 23.8 Å². The molecule has 0 N–H and O–H groups in total. The predicted octanol–water partition coefficient (Wildman–Crippen LogP) is 21.2. The van der Waals surface area contributed by atoms with Crippen LogP contribution in [-0.4, -0.2) is 37.9 Å². The Kier molecular flexibility index (Phi) is 58.8. The van der Waals surface area contributed by atoms with Gasteiger partial charge in [-0.1, -0.05) is 281 Å². The van der Waals surface area contributed by atoms with E-state index in [4.69, 9.17) is 14.2 Å². The maximum Gasteiger partial charge on any atom is 0.306 e. The Morgan fingerprint density at radius 2 is 0.643 bits per heavy atom. The standard InChI is InChI=1S/C65H118O5/c1-4-7-10-13-16-19-22-25-28-31-32-33-36-39-42-45-48-51-54-57-60-68-61-63(70-65(67)59-56-53-50-47-44-41-38-35-30-27-24-21-18-15-12-9-6-3)62-69-64(66)58-55-52-49-46-43-40-37-34-29-26-23-20-17-14-11-8-5-2/h7,10,16,19,25-26,28-29,32-33,63H,4-6,8-9,11-15,17-18,20-24,27,30-31,34-62H2,1-3H3/b10-7-,19-16-,28-25-,29-26-,33-32-. The van der Waals surface area contributed by atoms with Crippen molar-refractivity contribution in [1.82, 2.24) is 0 Å². The summed E-state index contributed by atoms with van der Waals surface area (Å²) in [7, 11) is 0. The summed E-state index contributed by atoms with van der Waals surface area (Å²) in [5, 5.41) is 0. The van der Waals surface area contributed by atoms with Gasteiger partial charge in [0.25, 0.3) is 0 Å². The van der Waals surface area contributed by atoms with Crippen molar-refractivity contribution in [3.8, 4) is 0 Å². The highest BCUT2D eigenvalue weighted by atomic mass is 16.6. The van der Waals surface area contributed by atoms with E-state index in [0.29, 0.717) is 19.4 Å². The van der Waals surface area contributed by atoms with Crippen molar-refractivity contribution in [3.05, 3.63) is 60.8 Å². The van der Waals surface area contributed by atoms with Crippen LogP contribution in [0.2, 0.25) is 0 Å². The Morgan fingerprint density at radius 1 is 0.329 bits per heavy atom. The van der Waals surface area contributed by atoms with Crippen LogP contribution in [0, 0.1) is 0 Å². The zero-order valence-corrected chi connectivity index (χ0v) is 47.0. The number of hydrogen-bond donors (Lipinski definition) is 0. The molecule has 0 spiro atoms. The second-order valence-corrected chi connectivity index (χ2v) is 20.6. The molecule has 70 heavy (non-hydrogen) atoms. The molecule has 0 aliphatic carbocycles. The zero-order chi connectivity index (χ0) is 50.6. The minimum absolute atomic E-state index is 0.0813. The van der Waals surface area contributed by atoms with Gasteiger partial charge in [0.05, 0.1) is 6.61 Å². The summed E-state index contributed by atoms with van der Waals surface area (Å²) in [6.07, 6.45) is 78.2. The quantitative estimate of drug-likeness (QED) is 0.0345. The molecule has 5 nitrogen and oxygen atoms in total. The van der Waals surface area contributed by atoms with Crippen LogP contribution < -0.4 is 0 Å². The summed E-state index contributed by atoms with van der Waals surface area (Å²) >= 11 is 0. The molecule has 1 atom stereocenters. The van der Waals surface area contributed by atoms with Gasteiger partial charge in [-0.3, -0.25) is 9.59 Å². The molecule has 0 aliphatic heterocycles. The second kappa shape index (κ2) is 60.9. The molecule has 1 unspecified atom stereocenters. The number of carbonyl (C=O) groups excluding carboxylic acids is 2. The normalized spacial score (nSPS) is 12.6. The zero-order valence-electron chi connectivity index (χ0n) is 47.0.